The van der Waals surface area contributed by atoms with Gasteiger partial charge in [-0.1, -0.05) is 0 Å². The molecule has 10 heteroatoms. The number of nitrogens with zero attached hydrogens (tertiary/aromatic N) is 2. The highest BCUT2D eigenvalue weighted by Gasteiger charge is 2.45. The fourth-order valence-corrected chi connectivity index (χ4v) is 1.78. The smallest absolute Gasteiger partial charge is 0.325 e. The molecule has 1 rings (SSSR count). The number of carboxylic acids is 1. The van der Waals surface area contributed by atoms with E-state index in [0.717, 1.165) is 0 Å². The van der Waals surface area contributed by atoms with Gasteiger partial charge in [0.25, 0.3) is 5.91 Å². The van der Waals surface area contributed by atoms with Crippen LogP contribution in [0.25, 0.3) is 0 Å². The first kappa shape index (κ1) is 16.4. The van der Waals surface area contributed by atoms with Gasteiger partial charge in [-0.3, -0.25) is 24.1 Å². The summed E-state index contributed by atoms with van der Waals surface area (Å²) in [7, 11) is 0. The van der Waals surface area contributed by atoms with Crippen LogP contribution in [0.15, 0.2) is 0 Å². The van der Waals surface area contributed by atoms with Crippen molar-refractivity contribution < 1.29 is 29.1 Å². The van der Waals surface area contributed by atoms with Crippen molar-refractivity contribution in [2.45, 2.75) is 19.4 Å². The number of carbonyl (C=O) groups is 5. The van der Waals surface area contributed by atoms with Gasteiger partial charge < -0.3 is 21.1 Å². The highest BCUT2D eigenvalue weighted by Crippen LogP contribution is 2.16. The summed E-state index contributed by atoms with van der Waals surface area (Å²) < 4.78 is 0. The first-order chi connectivity index (χ1) is 9.54. The normalized spacial score (nSPS) is 16.6. The molecule has 10 nitrogen and oxygen atoms in total. The number of imide groups is 1. The minimum atomic E-state index is -1.35. The predicted octanol–water partition coefficient (Wildman–Crippen LogP) is -2.28. The quantitative estimate of drug-likeness (QED) is 0.470. The Morgan fingerprint density at radius 1 is 1.29 bits per heavy atom. The molecule has 1 aliphatic heterocycles. The van der Waals surface area contributed by atoms with Crippen LogP contribution in [-0.4, -0.2) is 69.8 Å². The maximum absolute atomic E-state index is 12.0. The van der Waals surface area contributed by atoms with E-state index < -0.39 is 54.9 Å². The standard InChI is InChI=1S/C11H16N4O6/c1-11(2)9(20)15(10(21)13-11)4-7(17)14(3-6(12)16)5-8(18)19/h3-5H2,1-2H3,(H2,12,16)(H,13,21)(H,18,19). The number of nitrogens with two attached hydrogens (primary N) is 1. The number of primary amides is 1. The van der Waals surface area contributed by atoms with Gasteiger partial charge in [0.15, 0.2) is 0 Å². The number of amides is 5. The molecule has 1 heterocycles. The monoisotopic (exact) mass is 300 g/mol. The maximum atomic E-state index is 12.0. The molecule has 1 fully saturated rings. The third-order valence-corrected chi connectivity index (χ3v) is 2.76. The van der Waals surface area contributed by atoms with E-state index in [4.69, 9.17) is 10.8 Å². The second kappa shape index (κ2) is 5.77. The lowest BCUT2D eigenvalue weighted by molar-refractivity contribution is -0.146. The minimum absolute atomic E-state index is 0.613. The number of carbonyl (C=O) groups excluding carboxylic acids is 4. The molecule has 4 N–H and O–H groups in total. The lowest BCUT2D eigenvalue weighted by atomic mass is 10.1. The van der Waals surface area contributed by atoms with Crippen LogP contribution in [0.2, 0.25) is 0 Å². The molecule has 116 valence electrons. The van der Waals surface area contributed by atoms with Crippen LogP contribution in [0.5, 0.6) is 0 Å². The highest BCUT2D eigenvalue weighted by molar-refractivity contribution is 6.08. The SMILES string of the molecule is CC1(C)NC(=O)N(CC(=O)N(CC(N)=O)CC(=O)O)C1=O. The molecule has 0 unspecified atom stereocenters. The summed E-state index contributed by atoms with van der Waals surface area (Å²) in [6.07, 6.45) is 0. The van der Waals surface area contributed by atoms with Crippen LogP contribution in [-0.2, 0) is 19.2 Å². The number of rotatable bonds is 6. The number of urea groups is 1. The van der Waals surface area contributed by atoms with Crippen LogP contribution in [0, 0.1) is 0 Å². The molecule has 0 saturated carbocycles. The third kappa shape index (κ3) is 3.91. The van der Waals surface area contributed by atoms with E-state index >= 15 is 0 Å². The summed E-state index contributed by atoms with van der Waals surface area (Å²) in [4.78, 5) is 58.3. The zero-order valence-electron chi connectivity index (χ0n) is 11.6. The Labute approximate surface area is 119 Å². The van der Waals surface area contributed by atoms with E-state index in [9.17, 15) is 24.0 Å². The average Bonchev–Trinajstić information content (AvgIpc) is 2.49. The number of nitrogens with one attached hydrogen (secondary N) is 1. The van der Waals surface area contributed by atoms with Crippen molar-refractivity contribution in [3.05, 3.63) is 0 Å². The van der Waals surface area contributed by atoms with Gasteiger partial charge in [0.1, 0.15) is 18.6 Å². The van der Waals surface area contributed by atoms with E-state index in [2.05, 4.69) is 5.32 Å². The Hall–Kier alpha value is -2.65. The van der Waals surface area contributed by atoms with Gasteiger partial charge in [-0.05, 0) is 13.8 Å². The molecule has 0 atom stereocenters. The van der Waals surface area contributed by atoms with Gasteiger partial charge in [-0.2, -0.15) is 0 Å². The van der Waals surface area contributed by atoms with Crippen LogP contribution in [0.3, 0.4) is 0 Å². The van der Waals surface area contributed by atoms with Crippen molar-refractivity contribution >= 4 is 29.7 Å². The van der Waals surface area contributed by atoms with Crippen molar-refractivity contribution in [2.24, 2.45) is 5.73 Å². The summed E-state index contributed by atoms with van der Waals surface area (Å²) in [5.74, 6) is -3.73. The minimum Gasteiger partial charge on any atom is -0.480 e. The van der Waals surface area contributed by atoms with Crippen molar-refractivity contribution in [3.63, 3.8) is 0 Å². The Kier molecular flexibility index (Phi) is 4.51. The molecule has 5 amide bonds. The Balaban J connectivity index is 2.82. The van der Waals surface area contributed by atoms with E-state index in [1.165, 1.54) is 13.8 Å². The van der Waals surface area contributed by atoms with E-state index in [1.807, 2.05) is 0 Å². The van der Waals surface area contributed by atoms with Crippen molar-refractivity contribution in [1.82, 2.24) is 15.1 Å². The first-order valence-electron chi connectivity index (χ1n) is 5.96. The van der Waals surface area contributed by atoms with Crippen molar-refractivity contribution in [1.29, 1.82) is 0 Å². The largest absolute Gasteiger partial charge is 0.480 e. The Morgan fingerprint density at radius 3 is 2.24 bits per heavy atom. The van der Waals surface area contributed by atoms with Gasteiger partial charge >= 0.3 is 12.0 Å². The van der Waals surface area contributed by atoms with E-state index in [1.54, 1.807) is 0 Å². The molecular formula is C11H16N4O6. The molecule has 0 bridgehead atoms. The van der Waals surface area contributed by atoms with Crippen LogP contribution in [0.1, 0.15) is 13.8 Å². The Bertz CT molecular complexity index is 499. The summed E-state index contributed by atoms with van der Waals surface area (Å²) >= 11 is 0. The van der Waals surface area contributed by atoms with E-state index in [0.29, 0.717) is 9.80 Å². The van der Waals surface area contributed by atoms with Gasteiger partial charge in [0.05, 0.1) is 6.54 Å². The van der Waals surface area contributed by atoms with Crippen LogP contribution in [0.4, 0.5) is 4.79 Å². The number of carboxylic acid groups (broad SMARTS) is 1. The van der Waals surface area contributed by atoms with Gasteiger partial charge in [-0.15, -0.1) is 0 Å². The molecule has 0 aromatic rings. The number of hydrogen-bond acceptors (Lipinski definition) is 5. The number of hydrogen-bond donors (Lipinski definition) is 3. The molecule has 1 aliphatic rings. The van der Waals surface area contributed by atoms with Gasteiger partial charge in [0.2, 0.25) is 11.8 Å². The Morgan fingerprint density at radius 2 is 1.86 bits per heavy atom. The zero-order valence-corrected chi connectivity index (χ0v) is 11.6. The molecule has 0 aromatic heterocycles. The zero-order chi connectivity index (χ0) is 16.4. The van der Waals surface area contributed by atoms with E-state index in [-0.39, 0.29) is 0 Å². The molecule has 0 spiro atoms. The second-order valence-corrected chi connectivity index (χ2v) is 5.06. The van der Waals surface area contributed by atoms with Crippen LogP contribution >= 0.6 is 0 Å². The predicted molar refractivity (Wildman–Crippen MR) is 67.7 cm³/mol. The third-order valence-electron chi connectivity index (χ3n) is 2.76. The first-order valence-corrected chi connectivity index (χ1v) is 5.96. The molecular weight excluding hydrogens is 284 g/mol. The van der Waals surface area contributed by atoms with Gasteiger partial charge in [0, 0.05) is 0 Å². The molecule has 1 saturated heterocycles. The second-order valence-electron chi connectivity index (χ2n) is 5.06. The lowest BCUT2D eigenvalue weighted by Gasteiger charge is -2.22. The number of aliphatic carboxylic acids is 1. The molecule has 0 aromatic carbocycles. The molecule has 21 heavy (non-hydrogen) atoms. The summed E-state index contributed by atoms with van der Waals surface area (Å²) in [5, 5.41) is 11.1. The fraction of sp³-hybridized carbons (Fsp3) is 0.545. The summed E-state index contributed by atoms with van der Waals surface area (Å²) in [5.41, 5.74) is 3.79. The summed E-state index contributed by atoms with van der Waals surface area (Å²) in [6.45, 7) is 0.911. The van der Waals surface area contributed by atoms with Gasteiger partial charge in [-0.25, -0.2) is 4.79 Å². The maximum Gasteiger partial charge on any atom is 0.325 e. The van der Waals surface area contributed by atoms with Crippen molar-refractivity contribution in [2.75, 3.05) is 19.6 Å². The van der Waals surface area contributed by atoms with Crippen molar-refractivity contribution in [3.8, 4) is 0 Å². The van der Waals surface area contributed by atoms with Crippen LogP contribution < -0.4 is 11.1 Å². The highest BCUT2D eigenvalue weighted by atomic mass is 16.4. The average molecular weight is 300 g/mol. The fourth-order valence-electron chi connectivity index (χ4n) is 1.78. The molecule has 0 radical (unpaired) electrons. The topological polar surface area (TPSA) is 150 Å². The lowest BCUT2D eigenvalue weighted by Crippen LogP contribution is -2.48. The summed E-state index contributed by atoms with van der Waals surface area (Å²) in [6, 6.07) is -0.757. The molecule has 0 aliphatic carbocycles.